The first kappa shape index (κ1) is 24.4. The standard InChI is InChI=1S/C17H24N8O8/c1-2-3-7(24-32)13(28)23-15(30)17(16(31,14(19)29)10(27)8(4-26)33-17)25-6-22-9-11(18)20-5-21-12(9)25/h5-8,10,24,26-27,31-32H,2-4H2,1H3,(H2,19,29)(H2,18,20,21)(H,23,28,30)/t7-,8+,10+,16-,17+/m0/s1. The highest BCUT2D eigenvalue weighted by Gasteiger charge is 2.74. The maximum atomic E-state index is 13.5. The number of amides is 3. The highest BCUT2D eigenvalue weighted by atomic mass is 16.6. The molecule has 3 amide bonds. The number of nitrogen functional groups attached to an aromatic ring is 1. The van der Waals surface area contributed by atoms with E-state index in [0.717, 1.165) is 17.2 Å². The number of hydrogen-bond acceptors (Lipinski definition) is 13. The van der Waals surface area contributed by atoms with Crippen LogP contribution in [-0.4, -0.2) is 88.2 Å². The Morgan fingerprint density at radius 1 is 1.33 bits per heavy atom. The molecular formula is C17H24N8O8. The molecule has 0 aliphatic carbocycles. The molecule has 0 bridgehead atoms. The van der Waals surface area contributed by atoms with Crippen molar-refractivity contribution in [2.75, 3.05) is 12.3 Å². The van der Waals surface area contributed by atoms with Gasteiger partial charge in [0.25, 0.3) is 17.5 Å². The molecule has 3 heterocycles. The molecule has 5 atom stereocenters. The van der Waals surface area contributed by atoms with E-state index in [2.05, 4.69) is 15.0 Å². The Bertz CT molecular complexity index is 1080. The van der Waals surface area contributed by atoms with Crippen molar-refractivity contribution in [3.8, 4) is 0 Å². The number of nitrogens with two attached hydrogens (primary N) is 2. The highest BCUT2D eigenvalue weighted by molar-refractivity contribution is 6.05. The molecule has 2 aromatic heterocycles. The van der Waals surface area contributed by atoms with Crippen LogP contribution >= 0.6 is 0 Å². The van der Waals surface area contributed by atoms with E-state index in [-0.39, 0.29) is 23.4 Å². The summed E-state index contributed by atoms with van der Waals surface area (Å²) in [6.45, 7) is 0.775. The number of ether oxygens (including phenoxy) is 1. The van der Waals surface area contributed by atoms with Crippen LogP contribution in [0.2, 0.25) is 0 Å². The molecule has 1 fully saturated rings. The average molecular weight is 468 g/mol. The third-order valence-corrected chi connectivity index (χ3v) is 5.47. The molecule has 0 aromatic carbocycles. The normalized spacial score (nSPS) is 28.0. The van der Waals surface area contributed by atoms with Crippen LogP contribution in [0.25, 0.3) is 11.2 Å². The summed E-state index contributed by atoms with van der Waals surface area (Å²) >= 11 is 0. The number of imidazole rings is 1. The van der Waals surface area contributed by atoms with E-state index in [9.17, 15) is 34.9 Å². The zero-order chi connectivity index (χ0) is 24.6. The quantitative estimate of drug-likeness (QED) is 0.171. The van der Waals surface area contributed by atoms with Crippen LogP contribution < -0.4 is 22.3 Å². The second-order valence-electron chi connectivity index (χ2n) is 7.39. The fraction of sp³-hybridized carbons (Fsp3) is 0.529. The van der Waals surface area contributed by atoms with Gasteiger partial charge in [-0.3, -0.25) is 24.3 Å². The minimum Gasteiger partial charge on any atom is -0.394 e. The topological polar surface area (TPSA) is 261 Å². The van der Waals surface area contributed by atoms with E-state index in [1.807, 2.05) is 5.32 Å². The molecule has 16 heteroatoms. The van der Waals surface area contributed by atoms with Crippen molar-refractivity contribution in [1.82, 2.24) is 30.3 Å². The van der Waals surface area contributed by atoms with Gasteiger partial charge < -0.3 is 36.7 Å². The lowest BCUT2D eigenvalue weighted by atomic mass is 9.83. The van der Waals surface area contributed by atoms with Crippen molar-refractivity contribution >= 4 is 34.7 Å². The van der Waals surface area contributed by atoms with Gasteiger partial charge in [-0.05, 0) is 6.42 Å². The monoisotopic (exact) mass is 468 g/mol. The summed E-state index contributed by atoms with van der Waals surface area (Å²) in [5, 5.41) is 42.7. The SMILES string of the molecule is CCC[C@H](NO)C(=O)NC(=O)[C@@]1(n2cnc3c(N)ncnc32)O[C@H](CO)[C@@H](O)[C@]1(O)C(N)=O. The van der Waals surface area contributed by atoms with Crippen LogP contribution in [0, 0.1) is 0 Å². The molecule has 1 aliphatic heterocycles. The van der Waals surface area contributed by atoms with Gasteiger partial charge in [-0.25, -0.2) is 15.0 Å². The number of primary amides is 1. The van der Waals surface area contributed by atoms with Crippen LogP contribution in [0.15, 0.2) is 12.7 Å². The van der Waals surface area contributed by atoms with Gasteiger partial charge in [0.2, 0.25) is 11.5 Å². The molecule has 0 radical (unpaired) electrons. The van der Waals surface area contributed by atoms with E-state index in [0.29, 0.717) is 6.42 Å². The summed E-state index contributed by atoms with van der Waals surface area (Å²) in [5.41, 5.74) is 6.43. The van der Waals surface area contributed by atoms with Gasteiger partial charge >= 0.3 is 0 Å². The number of rotatable bonds is 8. The van der Waals surface area contributed by atoms with Crippen molar-refractivity contribution in [2.45, 2.75) is 49.3 Å². The number of carbonyl (C=O) groups excluding carboxylic acids is 3. The summed E-state index contributed by atoms with van der Waals surface area (Å²) in [6.07, 6.45) is -1.43. The number of nitrogens with one attached hydrogen (secondary N) is 2. The second kappa shape index (κ2) is 8.93. The van der Waals surface area contributed by atoms with Crippen molar-refractivity contribution in [3.63, 3.8) is 0 Å². The second-order valence-corrected chi connectivity index (χ2v) is 7.39. The smallest absolute Gasteiger partial charge is 0.284 e. The van der Waals surface area contributed by atoms with Crippen molar-refractivity contribution in [3.05, 3.63) is 12.7 Å². The Labute approximate surface area is 185 Å². The highest BCUT2D eigenvalue weighted by Crippen LogP contribution is 2.45. The number of fused-ring (bicyclic) bond motifs is 1. The molecule has 16 nitrogen and oxygen atoms in total. The van der Waals surface area contributed by atoms with E-state index in [1.165, 1.54) is 0 Å². The summed E-state index contributed by atoms with van der Waals surface area (Å²) in [4.78, 5) is 50.2. The summed E-state index contributed by atoms with van der Waals surface area (Å²) in [6, 6.07) is -1.24. The molecule has 2 aromatic rings. The number of aromatic nitrogens is 4. The van der Waals surface area contributed by atoms with Crippen LogP contribution in [0.1, 0.15) is 19.8 Å². The van der Waals surface area contributed by atoms with E-state index >= 15 is 0 Å². The van der Waals surface area contributed by atoms with Crippen LogP contribution in [-0.2, 0) is 24.8 Å². The first-order valence-electron chi connectivity index (χ1n) is 9.77. The average Bonchev–Trinajstić information content (AvgIpc) is 3.31. The lowest BCUT2D eigenvalue weighted by Gasteiger charge is -2.38. The molecule has 1 aliphatic rings. The summed E-state index contributed by atoms with van der Waals surface area (Å²) < 4.78 is 6.30. The van der Waals surface area contributed by atoms with Gasteiger partial charge in [-0.15, -0.1) is 0 Å². The number of hydroxylamine groups is 1. The maximum Gasteiger partial charge on any atom is 0.284 e. The number of carbonyl (C=O) groups is 3. The number of aliphatic hydroxyl groups is 3. The largest absolute Gasteiger partial charge is 0.394 e. The minimum atomic E-state index is -3.22. The van der Waals surface area contributed by atoms with E-state index < -0.39 is 53.9 Å². The molecule has 1 saturated heterocycles. The molecule has 33 heavy (non-hydrogen) atoms. The van der Waals surface area contributed by atoms with Gasteiger partial charge in [0, 0.05) is 0 Å². The van der Waals surface area contributed by atoms with Gasteiger partial charge in [-0.1, -0.05) is 13.3 Å². The molecule has 180 valence electrons. The summed E-state index contributed by atoms with van der Waals surface area (Å²) in [5.74, 6) is -4.24. The molecule has 10 N–H and O–H groups in total. The first-order valence-corrected chi connectivity index (χ1v) is 9.77. The third kappa shape index (κ3) is 3.48. The Morgan fingerprint density at radius 2 is 2.03 bits per heavy atom. The Balaban J connectivity index is 2.25. The number of imide groups is 1. The fourth-order valence-electron chi connectivity index (χ4n) is 3.78. The number of aliphatic hydroxyl groups excluding tert-OH is 2. The third-order valence-electron chi connectivity index (χ3n) is 5.47. The Kier molecular flexibility index (Phi) is 6.59. The van der Waals surface area contributed by atoms with E-state index in [1.54, 1.807) is 12.4 Å². The summed E-state index contributed by atoms with van der Waals surface area (Å²) in [7, 11) is 0. The van der Waals surface area contributed by atoms with Crippen molar-refractivity contribution in [2.24, 2.45) is 5.73 Å². The predicted octanol–water partition coefficient (Wildman–Crippen LogP) is -4.18. The van der Waals surface area contributed by atoms with Crippen LogP contribution in [0.5, 0.6) is 0 Å². The number of anilines is 1. The zero-order valence-corrected chi connectivity index (χ0v) is 17.4. The number of hydrogen-bond donors (Lipinski definition) is 8. The van der Waals surface area contributed by atoms with Crippen LogP contribution in [0.4, 0.5) is 5.82 Å². The molecule has 0 spiro atoms. The predicted molar refractivity (Wildman–Crippen MR) is 107 cm³/mol. The first-order chi connectivity index (χ1) is 15.6. The van der Waals surface area contributed by atoms with Crippen molar-refractivity contribution in [1.29, 1.82) is 0 Å². The molecule has 3 rings (SSSR count). The lowest BCUT2D eigenvalue weighted by Crippen LogP contribution is -2.70. The lowest BCUT2D eigenvalue weighted by molar-refractivity contribution is -0.203. The van der Waals surface area contributed by atoms with Gasteiger partial charge in [0.1, 0.15) is 36.4 Å². The zero-order valence-electron chi connectivity index (χ0n) is 17.4. The van der Waals surface area contributed by atoms with E-state index in [4.69, 9.17) is 16.2 Å². The molecule has 0 unspecified atom stereocenters. The fourth-order valence-corrected chi connectivity index (χ4v) is 3.78. The maximum absolute atomic E-state index is 13.5. The van der Waals surface area contributed by atoms with Crippen molar-refractivity contribution < 1.29 is 39.6 Å². The molecule has 0 saturated carbocycles. The van der Waals surface area contributed by atoms with Gasteiger partial charge in [-0.2, -0.15) is 5.48 Å². The molecular weight excluding hydrogens is 444 g/mol. The van der Waals surface area contributed by atoms with Crippen LogP contribution in [0.3, 0.4) is 0 Å². The van der Waals surface area contributed by atoms with Gasteiger partial charge in [0.05, 0.1) is 6.61 Å². The Hall–Kier alpha value is -3.28. The Morgan fingerprint density at radius 3 is 2.61 bits per heavy atom. The minimum absolute atomic E-state index is 0.0609. The number of nitrogens with zero attached hydrogens (tertiary/aromatic N) is 4. The van der Waals surface area contributed by atoms with Gasteiger partial charge in [0.15, 0.2) is 11.5 Å².